The molecule has 1 aromatic carbocycles. The van der Waals surface area contributed by atoms with E-state index in [1.165, 1.54) is 22.8 Å². The molecule has 2 saturated heterocycles. The summed E-state index contributed by atoms with van der Waals surface area (Å²) in [5.41, 5.74) is 0.402. The van der Waals surface area contributed by atoms with Crippen molar-refractivity contribution in [1.82, 2.24) is 13.5 Å². The van der Waals surface area contributed by atoms with Crippen LogP contribution in [0.1, 0.15) is 24.2 Å². The average molecular weight is 428 g/mol. The van der Waals surface area contributed by atoms with Crippen molar-refractivity contribution < 1.29 is 27.4 Å². The lowest BCUT2D eigenvalue weighted by molar-refractivity contribution is -0.0457. The highest BCUT2D eigenvalue weighted by Crippen LogP contribution is 2.31. The molecule has 0 N–H and O–H groups in total. The minimum Gasteiger partial charge on any atom is -0.493 e. The molecular weight excluding hydrogens is 398 g/mol. The third-order valence-electron chi connectivity index (χ3n) is 5.20. The van der Waals surface area contributed by atoms with Crippen molar-refractivity contribution in [2.24, 2.45) is 0 Å². The molecule has 162 valence electrons. The molecule has 0 spiro atoms. The van der Waals surface area contributed by atoms with E-state index in [4.69, 9.17) is 14.2 Å². The van der Waals surface area contributed by atoms with E-state index in [0.717, 1.165) is 0 Å². The quantitative estimate of drug-likeness (QED) is 0.691. The molecule has 2 heterocycles. The first-order valence-corrected chi connectivity index (χ1v) is 11.1. The van der Waals surface area contributed by atoms with Crippen LogP contribution in [0.3, 0.4) is 0 Å². The van der Waals surface area contributed by atoms with Gasteiger partial charge < -0.3 is 19.1 Å². The van der Waals surface area contributed by atoms with Crippen LogP contribution >= 0.6 is 0 Å². The smallest absolute Gasteiger partial charge is 0.282 e. The Morgan fingerprint density at radius 1 is 1.00 bits per heavy atom. The third kappa shape index (κ3) is 4.50. The fourth-order valence-corrected chi connectivity index (χ4v) is 5.58. The van der Waals surface area contributed by atoms with Crippen LogP contribution in [0, 0.1) is 0 Å². The molecule has 29 heavy (non-hydrogen) atoms. The summed E-state index contributed by atoms with van der Waals surface area (Å²) in [6, 6.07) is 5.14. The van der Waals surface area contributed by atoms with Gasteiger partial charge in [0.05, 0.1) is 32.0 Å². The zero-order valence-corrected chi connectivity index (χ0v) is 18.1. The van der Waals surface area contributed by atoms with Crippen molar-refractivity contribution in [2.75, 3.05) is 53.5 Å². The molecule has 1 amide bonds. The highest BCUT2D eigenvalue weighted by molar-refractivity contribution is 7.86. The number of carbonyl (C=O) groups is 1. The van der Waals surface area contributed by atoms with Gasteiger partial charge in [-0.25, -0.2) is 0 Å². The fourth-order valence-electron chi connectivity index (χ4n) is 3.83. The summed E-state index contributed by atoms with van der Waals surface area (Å²) in [5.74, 6) is 0.660. The number of hydrogen-bond donors (Lipinski definition) is 0. The molecule has 0 aliphatic carbocycles. The second kappa shape index (κ2) is 8.86. The maximum absolute atomic E-state index is 13.0. The number of methoxy groups -OCH3 is 2. The van der Waals surface area contributed by atoms with E-state index in [0.29, 0.717) is 43.2 Å². The molecule has 2 fully saturated rings. The van der Waals surface area contributed by atoms with Gasteiger partial charge in [0, 0.05) is 39.3 Å². The van der Waals surface area contributed by atoms with Gasteiger partial charge in [0.25, 0.3) is 16.1 Å². The first-order chi connectivity index (χ1) is 13.8. The van der Waals surface area contributed by atoms with Crippen LogP contribution in [0.4, 0.5) is 0 Å². The number of para-hydroxylation sites is 1. The molecule has 1 aromatic rings. The van der Waals surface area contributed by atoms with E-state index in [9.17, 15) is 13.2 Å². The second-order valence-corrected chi connectivity index (χ2v) is 9.24. The SMILES string of the molecule is COc1cccc(C(=O)N2CCN(S(=O)(=O)N3CC(C)OC(C)C3)CC2)c1OC. The Balaban J connectivity index is 1.68. The van der Waals surface area contributed by atoms with E-state index in [1.54, 1.807) is 23.1 Å². The Hall–Kier alpha value is -1.88. The zero-order valence-electron chi connectivity index (χ0n) is 17.3. The summed E-state index contributed by atoms with van der Waals surface area (Å²) in [4.78, 5) is 14.6. The summed E-state index contributed by atoms with van der Waals surface area (Å²) >= 11 is 0. The topological polar surface area (TPSA) is 88.6 Å². The Labute approximate surface area is 172 Å². The van der Waals surface area contributed by atoms with Gasteiger partial charge in [-0.15, -0.1) is 0 Å². The first-order valence-electron chi connectivity index (χ1n) is 9.68. The number of piperazine rings is 1. The molecule has 9 nitrogen and oxygen atoms in total. The largest absolute Gasteiger partial charge is 0.493 e. The number of rotatable bonds is 5. The Morgan fingerprint density at radius 2 is 1.62 bits per heavy atom. The van der Waals surface area contributed by atoms with Crippen molar-refractivity contribution >= 4 is 16.1 Å². The van der Waals surface area contributed by atoms with Crippen molar-refractivity contribution in [3.05, 3.63) is 23.8 Å². The molecule has 0 radical (unpaired) electrons. The van der Waals surface area contributed by atoms with Crippen LogP contribution in [-0.4, -0.2) is 93.5 Å². The third-order valence-corrected chi connectivity index (χ3v) is 7.17. The molecule has 3 rings (SSSR count). The maximum atomic E-state index is 13.0. The molecular formula is C19H29N3O6S. The molecule has 2 atom stereocenters. The van der Waals surface area contributed by atoms with Crippen LogP contribution in [0.5, 0.6) is 11.5 Å². The lowest BCUT2D eigenvalue weighted by Crippen LogP contribution is -2.57. The van der Waals surface area contributed by atoms with Crippen LogP contribution < -0.4 is 9.47 Å². The number of carbonyl (C=O) groups excluding carboxylic acids is 1. The lowest BCUT2D eigenvalue weighted by atomic mass is 10.1. The minimum absolute atomic E-state index is 0.142. The minimum atomic E-state index is -3.58. The highest BCUT2D eigenvalue weighted by Gasteiger charge is 2.37. The van der Waals surface area contributed by atoms with Gasteiger partial charge in [-0.1, -0.05) is 6.07 Å². The number of hydrogen-bond acceptors (Lipinski definition) is 6. The van der Waals surface area contributed by atoms with E-state index in [-0.39, 0.29) is 31.2 Å². The molecule has 0 bridgehead atoms. The fraction of sp³-hybridized carbons (Fsp3) is 0.632. The van der Waals surface area contributed by atoms with Gasteiger partial charge >= 0.3 is 0 Å². The van der Waals surface area contributed by atoms with E-state index in [1.807, 2.05) is 13.8 Å². The predicted octanol–water partition coefficient (Wildman–Crippen LogP) is 0.816. The standard InChI is InChI=1S/C19H29N3O6S/c1-14-12-22(13-15(2)28-14)29(24,25)21-10-8-20(9-11-21)19(23)16-6-5-7-17(26-3)18(16)27-4/h5-7,14-15H,8-13H2,1-4H3. The van der Waals surface area contributed by atoms with Crippen molar-refractivity contribution in [1.29, 1.82) is 0 Å². The van der Waals surface area contributed by atoms with Crippen LogP contribution in [-0.2, 0) is 14.9 Å². The van der Waals surface area contributed by atoms with E-state index < -0.39 is 10.2 Å². The second-order valence-electron chi connectivity index (χ2n) is 7.31. The summed E-state index contributed by atoms with van der Waals surface area (Å²) in [6.07, 6.45) is -0.283. The van der Waals surface area contributed by atoms with Gasteiger partial charge in [-0.2, -0.15) is 17.0 Å². The Morgan fingerprint density at radius 3 is 2.17 bits per heavy atom. The molecule has 0 saturated carbocycles. The summed E-state index contributed by atoms with van der Waals surface area (Å²) in [7, 11) is -0.578. The van der Waals surface area contributed by atoms with Crippen molar-refractivity contribution in [3.8, 4) is 11.5 Å². The van der Waals surface area contributed by atoms with Crippen LogP contribution in [0.2, 0.25) is 0 Å². The summed E-state index contributed by atoms with van der Waals surface area (Å²) in [6.45, 7) is 5.55. The van der Waals surface area contributed by atoms with Gasteiger partial charge in [0.2, 0.25) is 0 Å². The Kier molecular flexibility index (Phi) is 6.67. The maximum Gasteiger partial charge on any atom is 0.282 e. The van der Waals surface area contributed by atoms with Gasteiger partial charge in [-0.05, 0) is 26.0 Å². The van der Waals surface area contributed by atoms with Gasteiger partial charge in [0.1, 0.15) is 0 Å². The van der Waals surface area contributed by atoms with E-state index in [2.05, 4.69) is 0 Å². The number of amides is 1. The monoisotopic (exact) mass is 427 g/mol. The summed E-state index contributed by atoms with van der Waals surface area (Å²) in [5, 5.41) is 0. The van der Waals surface area contributed by atoms with Crippen LogP contribution in [0.25, 0.3) is 0 Å². The molecule has 2 unspecified atom stereocenters. The number of nitrogens with zero attached hydrogens (tertiary/aromatic N) is 3. The van der Waals surface area contributed by atoms with Gasteiger partial charge in [0.15, 0.2) is 11.5 Å². The normalized spacial score (nSPS) is 24.3. The van der Waals surface area contributed by atoms with E-state index >= 15 is 0 Å². The molecule has 10 heteroatoms. The number of ether oxygens (including phenoxy) is 3. The van der Waals surface area contributed by atoms with Gasteiger partial charge in [-0.3, -0.25) is 4.79 Å². The first kappa shape index (κ1) is 21.8. The Bertz CT molecular complexity index is 828. The molecule has 2 aliphatic rings. The zero-order chi connectivity index (χ0) is 21.2. The molecule has 2 aliphatic heterocycles. The van der Waals surface area contributed by atoms with Crippen LogP contribution in [0.15, 0.2) is 18.2 Å². The lowest BCUT2D eigenvalue weighted by Gasteiger charge is -2.40. The predicted molar refractivity (Wildman–Crippen MR) is 108 cm³/mol. The average Bonchev–Trinajstić information content (AvgIpc) is 2.71. The van der Waals surface area contributed by atoms with Crippen molar-refractivity contribution in [3.63, 3.8) is 0 Å². The highest BCUT2D eigenvalue weighted by atomic mass is 32.2. The van der Waals surface area contributed by atoms with Crippen molar-refractivity contribution in [2.45, 2.75) is 26.1 Å². The molecule has 0 aromatic heterocycles. The summed E-state index contributed by atoms with van der Waals surface area (Å²) < 4.78 is 45.2. The number of morpholine rings is 1. The number of benzene rings is 1.